The van der Waals surface area contributed by atoms with Gasteiger partial charge in [-0.3, -0.25) is 4.99 Å². The lowest BCUT2D eigenvalue weighted by molar-refractivity contribution is 0.173. The van der Waals surface area contributed by atoms with E-state index in [-0.39, 0.29) is 0 Å². The van der Waals surface area contributed by atoms with Crippen LogP contribution in [0.3, 0.4) is 0 Å². The second-order valence-corrected chi connectivity index (χ2v) is 2.41. The van der Waals surface area contributed by atoms with Crippen molar-refractivity contribution < 1.29 is 4.74 Å². The van der Waals surface area contributed by atoms with Gasteiger partial charge in [-0.2, -0.15) is 0 Å². The fraction of sp³-hybridized carbons (Fsp3) is 0.800. The van der Waals surface area contributed by atoms with E-state index in [1.165, 1.54) is 0 Å². The van der Waals surface area contributed by atoms with E-state index in [0.29, 0.717) is 0 Å². The molecule has 0 aromatic rings. The van der Waals surface area contributed by atoms with Gasteiger partial charge in [0.25, 0.3) is 0 Å². The van der Waals surface area contributed by atoms with E-state index in [1.807, 2.05) is 6.26 Å². The summed E-state index contributed by atoms with van der Waals surface area (Å²) in [5, 5.41) is 1.12. The molecule has 1 aliphatic heterocycles. The van der Waals surface area contributed by atoms with Crippen LogP contribution in [0.25, 0.3) is 0 Å². The zero-order chi connectivity index (χ0) is 5.82. The van der Waals surface area contributed by atoms with Gasteiger partial charge in [0.1, 0.15) is 0 Å². The van der Waals surface area contributed by atoms with Crippen molar-refractivity contribution in [2.24, 2.45) is 4.99 Å². The van der Waals surface area contributed by atoms with Crippen LogP contribution in [0.2, 0.25) is 0 Å². The Bertz CT molecular complexity index is 103. The van der Waals surface area contributed by atoms with E-state index in [9.17, 15) is 0 Å². The van der Waals surface area contributed by atoms with Crippen molar-refractivity contribution in [1.29, 1.82) is 0 Å². The highest BCUT2D eigenvalue weighted by atomic mass is 32.2. The van der Waals surface area contributed by atoms with Gasteiger partial charge in [0.2, 0.25) is 0 Å². The van der Waals surface area contributed by atoms with E-state index >= 15 is 0 Å². The summed E-state index contributed by atoms with van der Waals surface area (Å²) in [6, 6.07) is 0. The molecule has 0 fully saturated rings. The molecule has 0 amide bonds. The summed E-state index contributed by atoms with van der Waals surface area (Å²) >= 11 is 1.67. The van der Waals surface area contributed by atoms with Crippen LogP contribution in [0.5, 0.6) is 0 Å². The molecule has 1 aliphatic rings. The van der Waals surface area contributed by atoms with E-state index in [0.717, 1.165) is 24.8 Å². The van der Waals surface area contributed by atoms with Crippen LogP contribution in [0.1, 0.15) is 0 Å². The molecule has 0 aliphatic carbocycles. The van der Waals surface area contributed by atoms with Crippen molar-refractivity contribution in [2.75, 3.05) is 26.0 Å². The molecule has 0 atom stereocenters. The Morgan fingerprint density at radius 2 is 2.62 bits per heavy atom. The van der Waals surface area contributed by atoms with Crippen LogP contribution in [-0.2, 0) is 4.74 Å². The molecule has 8 heavy (non-hydrogen) atoms. The Morgan fingerprint density at radius 1 is 1.75 bits per heavy atom. The highest BCUT2D eigenvalue weighted by Crippen LogP contribution is 2.02. The van der Waals surface area contributed by atoms with Crippen LogP contribution in [-0.4, -0.2) is 31.1 Å². The molecule has 0 aromatic heterocycles. The molecular weight excluding hydrogens is 122 g/mol. The minimum Gasteiger partial charge on any atom is -0.373 e. The lowest BCUT2D eigenvalue weighted by Gasteiger charge is -2.09. The van der Waals surface area contributed by atoms with Gasteiger partial charge in [-0.25, -0.2) is 0 Å². The SMILES string of the molecule is CSC1=NCCOC1. The van der Waals surface area contributed by atoms with Gasteiger partial charge in [0.05, 0.1) is 24.8 Å². The van der Waals surface area contributed by atoms with Crippen molar-refractivity contribution in [3.63, 3.8) is 0 Å². The van der Waals surface area contributed by atoms with Crippen LogP contribution in [0.4, 0.5) is 0 Å². The minimum atomic E-state index is 0.723. The summed E-state index contributed by atoms with van der Waals surface area (Å²) in [4.78, 5) is 4.20. The first-order chi connectivity index (χ1) is 3.93. The number of rotatable bonds is 0. The molecule has 46 valence electrons. The molecule has 3 heteroatoms. The number of hydrogen-bond acceptors (Lipinski definition) is 3. The zero-order valence-corrected chi connectivity index (χ0v) is 5.70. The maximum Gasteiger partial charge on any atom is 0.0945 e. The normalized spacial score (nSPS) is 20.4. The third-order valence-corrected chi connectivity index (χ3v) is 1.70. The Morgan fingerprint density at radius 3 is 3.00 bits per heavy atom. The van der Waals surface area contributed by atoms with E-state index in [1.54, 1.807) is 11.8 Å². The molecular formula is C5H9NOS. The quantitative estimate of drug-likeness (QED) is 0.484. The van der Waals surface area contributed by atoms with Gasteiger partial charge in [-0.15, -0.1) is 11.8 Å². The predicted octanol–water partition coefficient (Wildman–Crippen LogP) is 0.778. The lowest BCUT2D eigenvalue weighted by Crippen LogP contribution is -2.14. The molecule has 0 saturated carbocycles. The van der Waals surface area contributed by atoms with Crippen LogP contribution in [0.15, 0.2) is 4.99 Å². The molecule has 0 N–H and O–H groups in total. The van der Waals surface area contributed by atoms with Gasteiger partial charge in [-0.05, 0) is 6.26 Å². The van der Waals surface area contributed by atoms with Crippen molar-refractivity contribution in [1.82, 2.24) is 0 Å². The van der Waals surface area contributed by atoms with Crippen LogP contribution in [0, 0.1) is 0 Å². The molecule has 0 saturated heterocycles. The number of nitrogens with zero attached hydrogens (tertiary/aromatic N) is 1. The number of thioether (sulfide) groups is 1. The maximum atomic E-state index is 5.12. The molecule has 1 heterocycles. The van der Waals surface area contributed by atoms with Crippen molar-refractivity contribution >= 4 is 16.8 Å². The Kier molecular flexibility index (Phi) is 2.36. The fourth-order valence-corrected chi connectivity index (χ4v) is 0.985. The van der Waals surface area contributed by atoms with Crippen molar-refractivity contribution in [2.45, 2.75) is 0 Å². The third-order valence-electron chi connectivity index (χ3n) is 0.985. The summed E-state index contributed by atoms with van der Waals surface area (Å²) in [5.74, 6) is 0. The summed E-state index contributed by atoms with van der Waals surface area (Å²) in [6.45, 7) is 2.36. The standard InChI is InChI=1S/C5H9NOS/c1-8-5-4-7-3-2-6-5/h2-4H2,1H3. The molecule has 0 bridgehead atoms. The van der Waals surface area contributed by atoms with Crippen molar-refractivity contribution in [3.05, 3.63) is 0 Å². The molecule has 0 aromatic carbocycles. The monoisotopic (exact) mass is 131 g/mol. The van der Waals surface area contributed by atoms with Gasteiger partial charge in [-0.1, -0.05) is 0 Å². The van der Waals surface area contributed by atoms with Gasteiger partial charge in [0, 0.05) is 0 Å². The Balaban J connectivity index is 2.37. The second-order valence-electron chi connectivity index (χ2n) is 1.53. The van der Waals surface area contributed by atoms with Crippen LogP contribution < -0.4 is 0 Å². The predicted molar refractivity (Wildman–Crippen MR) is 36.6 cm³/mol. The smallest absolute Gasteiger partial charge is 0.0945 e. The number of aliphatic imine (C=N–C) groups is 1. The van der Waals surface area contributed by atoms with Gasteiger partial charge < -0.3 is 4.74 Å². The molecule has 1 rings (SSSR count). The third kappa shape index (κ3) is 1.49. The summed E-state index contributed by atoms with van der Waals surface area (Å²) < 4.78 is 5.12. The molecule has 2 nitrogen and oxygen atoms in total. The van der Waals surface area contributed by atoms with Crippen LogP contribution >= 0.6 is 11.8 Å². The average Bonchev–Trinajstić information content (AvgIpc) is 1.90. The summed E-state index contributed by atoms with van der Waals surface area (Å²) in [7, 11) is 0. The molecule has 0 spiro atoms. The average molecular weight is 131 g/mol. The zero-order valence-electron chi connectivity index (χ0n) is 4.89. The lowest BCUT2D eigenvalue weighted by atomic mass is 10.6. The van der Waals surface area contributed by atoms with E-state index < -0.39 is 0 Å². The topological polar surface area (TPSA) is 21.6 Å². The second kappa shape index (κ2) is 3.10. The first-order valence-electron chi connectivity index (χ1n) is 2.58. The van der Waals surface area contributed by atoms with E-state index in [2.05, 4.69) is 4.99 Å². The molecule has 0 unspecified atom stereocenters. The highest BCUT2D eigenvalue weighted by Gasteiger charge is 2.01. The summed E-state index contributed by atoms with van der Waals surface area (Å²) in [5.41, 5.74) is 0. The number of ether oxygens (including phenoxy) is 1. The Hall–Kier alpha value is -0.0200. The maximum absolute atomic E-state index is 5.12. The highest BCUT2D eigenvalue weighted by molar-refractivity contribution is 8.13. The first kappa shape index (κ1) is 6.11. The number of hydrogen-bond donors (Lipinski definition) is 0. The van der Waals surface area contributed by atoms with E-state index in [4.69, 9.17) is 4.74 Å². The van der Waals surface area contributed by atoms with Crippen molar-refractivity contribution in [3.8, 4) is 0 Å². The fourth-order valence-electron chi connectivity index (χ4n) is 0.563. The Labute approximate surface area is 53.3 Å². The van der Waals surface area contributed by atoms with Gasteiger partial charge in [0.15, 0.2) is 0 Å². The molecule has 0 radical (unpaired) electrons. The minimum absolute atomic E-state index is 0.723. The first-order valence-corrected chi connectivity index (χ1v) is 3.81. The van der Waals surface area contributed by atoms with Gasteiger partial charge >= 0.3 is 0 Å². The summed E-state index contributed by atoms with van der Waals surface area (Å²) in [6.07, 6.45) is 2.02. The largest absolute Gasteiger partial charge is 0.373 e.